The molecule has 0 aliphatic carbocycles. The van der Waals surface area contributed by atoms with Crippen molar-refractivity contribution in [3.8, 4) is 0 Å². The number of hydrogen-bond acceptors (Lipinski definition) is 6. The molecule has 1 aromatic heterocycles. The summed E-state index contributed by atoms with van der Waals surface area (Å²) in [5.41, 5.74) is 1.27. The van der Waals surface area contributed by atoms with Gasteiger partial charge in [-0.2, -0.15) is 0 Å². The van der Waals surface area contributed by atoms with Crippen LogP contribution in [0.4, 0.5) is 5.13 Å². The number of para-hydroxylation sites is 1. The van der Waals surface area contributed by atoms with E-state index in [4.69, 9.17) is 4.74 Å². The second kappa shape index (κ2) is 8.45. The first-order valence-corrected chi connectivity index (χ1v) is 12.4. The molecule has 2 aromatic carbocycles. The van der Waals surface area contributed by atoms with Crippen molar-refractivity contribution < 1.29 is 17.9 Å². The maximum atomic E-state index is 13.4. The molecule has 0 bridgehead atoms. The van der Waals surface area contributed by atoms with Crippen molar-refractivity contribution in [2.24, 2.45) is 0 Å². The molecule has 1 atom stereocenters. The van der Waals surface area contributed by atoms with Crippen LogP contribution in [0.25, 0.3) is 10.2 Å². The van der Waals surface area contributed by atoms with Crippen LogP contribution in [0, 0.1) is 0 Å². The fraction of sp³-hybridized carbons (Fsp3) is 0.364. The van der Waals surface area contributed by atoms with Crippen LogP contribution in [-0.2, 0) is 14.6 Å². The van der Waals surface area contributed by atoms with Crippen LogP contribution in [0.2, 0.25) is 0 Å². The molecular weight excluding hydrogens is 420 g/mol. The first kappa shape index (κ1) is 21.0. The van der Waals surface area contributed by atoms with Crippen LogP contribution in [0.15, 0.2) is 53.4 Å². The van der Waals surface area contributed by atoms with E-state index in [1.165, 1.54) is 23.5 Å². The van der Waals surface area contributed by atoms with Gasteiger partial charge in [0.05, 0.1) is 33.0 Å². The number of sulfone groups is 1. The number of carbonyl (C=O) groups excluding carboxylic acids is 1. The molecule has 8 heteroatoms. The molecule has 1 unspecified atom stereocenters. The van der Waals surface area contributed by atoms with Crippen molar-refractivity contribution in [2.45, 2.75) is 42.9 Å². The van der Waals surface area contributed by atoms with Crippen molar-refractivity contribution in [3.05, 3.63) is 54.1 Å². The normalized spacial score (nSPS) is 17.0. The highest BCUT2D eigenvalue weighted by Crippen LogP contribution is 2.31. The molecule has 30 heavy (non-hydrogen) atoms. The van der Waals surface area contributed by atoms with Gasteiger partial charge in [0.2, 0.25) is 0 Å². The fourth-order valence-electron chi connectivity index (χ4n) is 3.43. The lowest BCUT2D eigenvalue weighted by Crippen LogP contribution is -2.37. The number of carbonyl (C=O) groups is 1. The molecule has 1 aliphatic rings. The van der Waals surface area contributed by atoms with E-state index in [2.05, 4.69) is 4.98 Å². The summed E-state index contributed by atoms with van der Waals surface area (Å²) in [5, 5.41) is 0.105. The van der Waals surface area contributed by atoms with Crippen molar-refractivity contribution in [2.75, 3.05) is 18.1 Å². The summed E-state index contributed by atoms with van der Waals surface area (Å²) in [4.78, 5) is 19.9. The summed E-state index contributed by atoms with van der Waals surface area (Å²) in [6.07, 6.45) is 1.86. The van der Waals surface area contributed by atoms with E-state index in [0.29, 0.717) is 23.8 Å². The Kier molecular flexibility index (Phi) is 5.90. The monoisotopic (exact) mass is 444 g/mol. The molecule has 2 heterocycles. The number of thiazole rings is 1. The number of benzene rings is 2. The van der Waals surface area contributed by atoms with E-state index in [0.717, 1.165) is 23.1 Å². The highest BCUT2D eigenvalue weighted by molar-refractivity contribution is 7.92. The molecule has 0 radical (unpaired) electrons. The van der Waals surface area contributed by atoms with Gasteiger partial charge >= 0.3 is 0 Å². The summed E-state index contributed by atoms with van der Waals surface area (Å²) >= 11 is 1.47. The van der Waals surface area contributed by atoms with Gasteiger partial charge in [-0.3, -0.25) is 9.69 Å². The highest BCUT2D eigenvalue weighted by Gasteiger charge is 2.27. The van der Waals surface area contributed by atoms with Crippen LogP contribution in [-0.4, -0.2) is 43.8 Å². The van der Waals surface area contributed by atoms with Crippen LogP contribution >= 0.6 is 11.3 Å². The molecule has 3 aromatic rings. The smallest absolute Gasteiger partial charge is 0.260 e. The van der Waals surface area contributed by atoms with Crippen molar-refractivity contribution in [1.82, 2.24) is 4.98 Å². The number of aromatic nitrogens is 1. The zero-order chi connectivity index (χ0) is 21.3. The number of rotatable bonds is 6. The lowest BCUT2D eigenvalue weighted by molar-refractivity contribution is 0.0917. The Morgan fingerprint density at radius 3 is 2.57 bits per heavy atom. The largest absolute Gasteiger partial charge is 0.376 e. The Hall–Kier alpha value is -2.29. The first-order valence-electron chi connectivity index (χ1n) is 9.99. The molecule has 0 N–H and O–H groups in total. The number of hydrogen-bond donors (Lipinski definition) is 0. The molecule has 158 valence electrons. The number of anilines is 1. The minimum atomic E-state index is -3.38. The summed E-state index contributed by atoms with van der Waals surface area (Å²) in [5.74, 6) is -0.210. The van der Waals surface area contributed by atoms with E-state index in [-0.39, 0.29) is 16.9 Å². The van der Waals surface area contributed by atoms with Gasteiger partial charge in [0.15, 0.2) is 15.0 Å². The number of ether oxygens (including phenoxy) is 1. The highest BCUT2D eigenvalue weighted by atomic mass is 32.2. The number of amides is 1. The predicted molar refractivity (Wildman–Crippen MR) is 119 cm³/mol. The third kappa shape index (κ3) is 4.12. The SMILES string of the molecule is CC(C)S(=O)(=O)c1ccc(C(=O)N(CC2CCCO2)c2nc3ccccc3s2)cc1. The Balaban J connectivity index is 1.66. The van der Waals surface area contributed by atoms with Crippen molar-refractivity contribution >= 4 is 42.4 Å². The topological polar surface area (TPSA) is 76.6 Å². The summed E-state index contributed by atoms with van der Waals surface area (Å²) < 4.78 is 31.5. The van der Waals surface area contributed by atoms with Crippen molar-refractivity contribution in [3.63, 3.8) is 0 Å². The lowest BCUT2D eigenvalue weighted by atomic mass is 10.2. The van der Waals surface area contributed by atoms with E-state index < -0.39 is 15.1 Å². The van der Waals surface area contributed by atoms with Gasteiger partial charge in [-0.05, 0) is 63.1 Å². The predicted octanol–water partition coefficient (Wildman–Crippen LogP) is 4.30. The molecule has 6 nitrogen and oxygen atoms in total. The summed E-state index contributed by atoms with van der Waals surface area (Å²) in [7, 11) is -3.38. The molecule has 0 saturated carbocycles. The summed E-state index contributed by atoms with van der Waals surface area (Å²) in [6, 6.07) is 13.9. The fourth-order valence-corrected chi connectivity index (χ4v) is 5.46. The molecule has 1 aliphatic heterocycles. The average Bonchev–Trinajstić information content (AvgIpc) is 3.40. The second-order valence-electron chi connectivity index (χ2n) is 7.63. The van der Waals surface area contributed by atoms with Gasteiger partial charge in [-0.1, -0.05) is 23.5 Å². The minimum absolute atomic E-state index is 0.0263. The Bertz CT molecular complexity index is 1110. The van der Waals surface area contributed by atoms with Gasteiger partial charge in [-0.15, -0.1) is 0 Å². The van der Waals surface area contributed by atoms with Crippen molar-refractivity contribution in [1.29, 1.82) is 0 Å². The Labute approximate surface area is 180 Å². The van der Waals surface area contributed by atoms with Gasteiger partial charge in [0.25, 0.3) is 5.91 Å². The third-order valence-corrected chi connectivity index (χ3v) is 8.45. The first-order chi connectivity index (χ1) is 14.4. The third-order valence-electron chi connectivity index (χ3n) is 5.22. The number of nitrogens with zero attached hydrogens (tertiary/aromatic N) is 2. The quantitative estimate of drug-likeness (QED) is 0.566. The standard InChI is InChI=1S/C22H24N2O4S2/c1-15(2)30(26,27)18-11-9-16(10-12-18)21(25)24(14-17-6-5-13-28-17)22-23-19-7-3-4-8-20(19)29-22/h3-4,7-12,15,17H,5-6,13-14H2,1-2H3. The number of fused-ring (bicyclic) bond motifs is 1. The molecule has 1 fully saturated rings. The maximum Gasteiger partial charge on any atom is 0.260 e. The zero-order valence-electron chi connectivity index (χ0n) is 16.9. The minimum Gasteiger partial charge on any atom is -0.376 e. The Morgan fingerprint density at radius 2 is 1.93 bits per heavy atom. The molecule has 1 saturated heterocycles. The molecule has 1 amide bonds. The maximum absolute atomic E-state index is 13.4. The Morgan fingerprint density at radius 1 is 1.20 bits per heavy atom. The van der Waals surface area contributed by atoms with Gasteiger partial charge in [0.1, 0.15) is 0 Å². The van der Waals surface area contributed by atoms with Crippen LogP contribution in [0.5, 0.6) is 0 Å². The summed E-state index contributed by atoms with van der Waals surface area (Å²) in [6.45, 7) is 4.41. The lowest BCUT2D eigenvalue weighted by Gasteiger charge is -2.23. The van der Waals surface area contributed by atoms with E-state index >= 15 is 0 Å². The van der Waals surface area contributed by atoms with Crippen LogP contribution in [0.3, 0.4) is 0 Å². The van der Waals surface area contributed by atoms with Gasteiger partial charge < -0.3 is 4.74 Å². The molecule has 0 spiro atoms. The van der Waals surface area contributed by atoms with Crippen LogP contribution in [0.1, 0.15) is 37.0 Å². The van der Waals surface area contributed by atoms with E-state index in [1.807, 2.05) is 24.3 Å². The average molecular weight is 445 g/mol. The van der Waals surface area contributed by atoms with Crippen LogP contribution < -0.4 is 4.90 Å². The second-order valence-corrected chi connectivity index (χ2v) is 11.1. The van der Waals surface area contributed by atoms with Gasteiger partial charge in [-0.25, -0.2) is 13.4 Å². The van der Waals surface area contributed by atoms with E-state index in [1.54, 1.807) is 30.9 Å². The van der Waals surface area contributed by atoms with Gasteiger partial charge in [0, 0.05) is 12.2 Å². The van der Waals surface area contributed by atoms with E-state index in [9.17, 15) is 13.2 Å². The molecule has 4 rings (SSSR count). The molecular formula is C22H24N2O4S2. The zero-order valence-corrected chi connectivity index (χ0v) is 18.6.